The van der Waals surface area contributed by atoms with Gasteiger partial charge in [0, 0.05) is 12.2 Å². The van der Waals surface area contributed by atoms with Crippen LogP contribution in [0.15, 0.2) is 12.2 Å². The highest BCUT2D eigenvalue weighted by Crippen LogP contribution is 2.06. The average Bonchev–Trinajstić information content (AvgIpc) is 2.49. The number of carbonyl (C=O) groups excluding carboxylic acids is 3. The van der Waals surface area contributed by atoms with Gasteiger partial charge in [-0.25, -0.2) is 0 Å². The van der Waals surface area contributed by atoms with E-state index in [0.29, 0.717) is 0 Å². The van der Waals surface area contributed by atoms with E-state index >= 15 is 0 Å². The molecule has 1 aliphatic rings. The number of ether oxygens (including phenoxy) is 1. The lowest BCUT2D eigenvalue weighted by Crippen LogP contribution is -2.36. The van der Waals surface area contributed by atoms with E-state index in [1.165, 1.54) is 0 Å². The van der Waals surface area contributed by atoms with Crippen LogP contribution in [0.25, 0.3) is 0 Å². The summed E-state index contributed by atoms with van der Waals surface area (Å²) in [6.07, 6.45) is 3.79. The van der Waals surface area contributed by atoms with Gasteiger partial charge in [-0.3, -0.25) is 19.3 Å². The predicted molar refractivity (Wildman–Crippen MR) is 56.3 cm³/mol. The van der Waals surface area contributed by atoms with Crippen LogP contribution < -0.4 is 0 Å². The van der Waals surface area contributed by atoms with Crippen molar-refractivity contribution in [2.75, 3.05) is 6.54 Å². The molecule has 0 aromatic rings. The lowest BCUT2D eigenvalue weighted by Gasteiger charge is -2.16. The zero-order chi connectivity index (χ0) is 12.1. The van der Waals surface area contributed by atoms with Crippen LogP contribution >= 0.6 is 0 Å². The van der Waals surface area contributed by atoms with Gasteiger partial charge in [0.1, 0.15) is 6.54 Å². The summed E-state index contributed by atoms with van der Waals surface area (Å²) in [5.41, 5.74) is 0. The Hall–Kier alpha value is -1.65. The first kappa shape index (κ1) is 12.4. The first-order chi connectivity index (χ1) is 7.54. The van der Waals surface area contributed by atoms with Crippen LogP contribution in [0, 0.1) is 0 Å². The van der Waals surface area contributed by atoms with Crippen LogP contribution in [0.3, 0.4) is 0 Å². The van der Waals surface area contributed by atoms with Gasteiger partial charge in [0.15, 0.2) is 0 Å². The van der Waals surface area contributed by atoms with E-state index in [9.17, 15) is 14.4 Å². The Balaban J connectivity index is 2.40. The number of carbonyl (C=O) groups is 3. The molecule has 5 heteroatoms. The number of nitrogens with zero attached hydrogens (tertiary/aromatic N) is 1. The minimum absolute atomic E-state index is 0.182. The second kappa shape index (κ2) is 5.44. The number of amides is 2. The molecule has 0 bridgehead atoms. The van der Waals surface area contributed by atoms with Crippen molar-refractivity contribution in [1.82, 2.24) is 4.90 Å². The summed E-state index contributed by atoms with van der Waals surface area (Å²) in [6.45, 7) is 3.47. The Labute approximate surface area is 94.1 Å². The highest BCUT2D eigenvalue weighted by atomic mass is 16.5. The third-order valence-electron chi connectivity index (χ3n) is 2.22. The van der Waals surface area contributed by atoms with E-state index in [1.54, 1.807) is 6.92 Å². The molecule has 0 radical (unpaired) electrons. The lowest BCUT2D eigenvalue weighted by molar-refractivity contribution is -0.155. The molecule has 1 unspecified atom stereocenters. The molecule has 1 aliphatic heterocycles. The summed E-state index contributed by atoms with van der Waals surface area (Å²) in [5, 5.41) is 0. The monoisotopic (exact) mass is 225 g/mol. The molecule has 0 saturated carbocycles. The number of esters is 1. The molecule has 0 spiro atoms. The second-order valence-electron chi connectivity index (χ2n) is 3.69. The van der Waals surface area contributed by atoms with Crippen LogP contribution in [-0.2, 0) is 19.1 Å². The van der Waals surface area contributed by atoms with Crippen molar-refractivity contribution in [1.29, 1.82) is 0 Å². The standard InChI is InChI=1S/C11H15NO4/c1-3-4-8(2)16-11(15)7-12-9(13)5-6-10(12)14/h5-6,8H,3-4,7H2,1-2H3. The SMILES string of the molecule is CCCC(C)OC(=O)CN1C(=O)C=CC1=O. The minimum atomic E-state index is -0.550. The average molecular weight is 225 g/mol. The molecule has 0 saturated heterocycles. The summed E-state index contributed by atoms with van der Waals surface area (Å²) in [7, 11) is 0. The minimum Gasteiger partial charge on any atom is -0.461 e. The third kappa shape index (κ3) is 3.18. The largest absolute Gasteiger partial charge is 0.461 e. The molecule has 16 heavy (non-hydrogen) atoms. The molecule has 1 rings (SSSR count). The number of hydrogen-bond acceptors (Lipinski definition) is 4. The van der Waals surface area contributed by atoms with Crippen molar-refractivity contribution in [3.05, 3.63) is 12.2 Å². The topological polar surface area (TPSA) is 63.7 Å². The summed E-state index contributed by atoms with van der Waals surface area (Å²) in [5.74, 6) is -1.48. The maximum atomic E-state index is 11.4. The van der Waals surface area contributed by atoms with Crippen molar-refractivity contribution >= 4 is 17.8 Å². The molecular weight excluding hydrogens is 210 g/mol. The fourth-order valence-corrected chi connectivity index (χ4v) is 1.44. The first-order valence-corrected chi connectivity index (χ1v) is 5.27. The van der Waals surface area contributed by atoms with Gasteiger partial charge in [-0.05, 0) is 13.3 Å². The predicted octanol–water partition coefficient (Wildman–Crippen LogP) is 0.643. The smallest absolute Gasteiger partial charge is 0.326 e. The van der Waals surface area contributed by atoms with Crippen LogP contribution in [0.4, 0.5) is 0 Å². The van der Waals surface area contributed by atoms with Crippen molar-refractivity contribution < 1.29 is 19.1 Å². The van der Waals surface area contributed by atoms with E-state index in [-0.39, 0.29) is 12.6 Å². The Morgan fingerprint density at radius 1 is 1.38 bits per heavy atom. The molecule has 0 aliphatic carbocycles. The lowest BCUT2D eigenvalue weighted by atomic mass is 10.2. The number of imide groups is 1. The molecule has 0 N–H and O–H groups in total. The fraction of sp³-hybridized carbons (Fsp3) is 0.545. The van der Waals surface area contributed by atoms with Gasteiger partial charge in [-0.15, -0.1) is 0 Å². The van der Waals surface area contributed by atoms with E-state index in [4.69, 9.17) is 4.74 Å². The van der Waals surface area contributed by atoms with Gasteiger partial charge in [0.25, 0.3) is 11.8 Å². The van der Waals surface area contributed by atoms with Crippen LogP contribution in [0.2, 0.25) is 0 Å². The summed E-state index contributed by atoms with van der Waals surface area (Å²) < 4.78 is 5.04. The summed E-state index contributed by atoms with van der Waals surface area (Å²) in [6, 6.07) is 0. The van der Waals surface area contributed by atoms with E-state index in [2.05, 4.69) is 0 Å². The van der Waals surface area contributed by atoms with Crippen molar-refractivity contribution in [3.8, 4) is 0 Å². The van der Waals surface area contributed by atoms with Gasteiger partial charge in [-0.2, -0.15) is 0 Å². The first-order valence-electron chi connectivity index (χ1n) is 5.27. The number of hydrogen-bond donors (Lipinski definition) is 0. The molecule has 5 nitrogen and oxygen atoms in total. The zero-order valence-electron chi connectivity index (χ0n) is 9.43. The van der Waals surface area contributed by atoms with Crippen molar-refractivity contribution in [3.63, 3.8) is 0 Å². The van der Waals surface area contributed by atoms with Crippen LogP contribution in [-0.4, -0.2) is 35.3 Å². The Bertz CT molecular complexity index is 317. The highest BCUT2D eigenvalue weighted by molar-refractivity contribution is 6.14. The highest BCUT2D eigenvalue weighted by Gasteiger charge is 2.26. The van der Waals surface area contributed by atoms with Gasteiger partial charge < -0.3 is 4.74 Å². The molecule has 0 fully saturated rings. The van der Waals surface area contributed by atoms with Crippen molar-refractivity contribution in [2.24, 2.45) is 0 Å². The maximum Gasteiger partial charge on any atom is 0.326 e. The van der Waals surface area contributed by atoms with Crippen LogP contribution in [0.1, 0.15) is 26.7 Å². The van der Waals surface area contributed by atoms with Gasteiger partial charge in [0.05, 0.1) is 6.10 Å². The van der Waals surface area contributed by atoms with Gasteiger partial charge >= 0.3 is 5.97 Å². The Kier molecular flexibility index (Phi) is 4.22. The van der Waals surface area contributed by atoms with Gasteiger partial charge in [0.2, 0.25) is 0 Å². The van der Waals surface area contributed by atoms with Gasteiger partial charge in [-0.1, -0.05) is 13.3 Å². The van der Waals surface area contributed by atoms with Crippen molar-refractivity contribution in [2.45, 2.75) is 32.8 Å². The normalized spacial score (nSPS) is 16.8. The summed E-state index contributed by atoms with van der Waals surface area (Å²) >= 11 is 0. The molecule has 0 aromatic carbocycles. The molecule has 2 amide bonds. The van der Waals surface area contributed by atoms with E-state index in [1.807, 2.05) is 6.92 Å². The number of rotatable bonds is 5. The van der Waals surface area contributed by atoms with E-state index < -0.39 is 17.8 Å². The molecule has 88 valence electrons. The fourth-order valence-electron chi connectivity index (χ4n) is 1.44. The quantitative estimate of drug-likeness (QED) is 0.509. The summed E-state index contributed by atoms with van der Waals surface area (Å²) in [4.78, 5) is 34.5. The Morgan fingerprint density at radius 2 is 1.94 bits per heavy atom. The third-order valence-corrected chi connectivity index (χ3v) is 2.22. The molecular formula is C11H15NO4. The maximum absolute atomic E-state index is 11.4. The van der Waals surface area contributed by atoms with Crippen LogP contribution in [0.5, 0.6) is 0 Å². The second-order valence-corrected chi connectivity index (χ2v) is 3.69. The zero-order valence-corrected chi connectivity index (χ0v) is 9.43. The van der Waals surface area contributed by atoms with E-state index in [0.717, 1.165) is 29.9 Å². The molecule has 0 aromatic heterocycles. The Morgan fingerprint density at radius 3 is 2.44 bits per heavy atom. The molecule has 1 atom stereocenters. The molecule has 1 heterocycles.